The molecule has 0 unspecified atom stereocenters. The molecule has 20 heavy (non-hydrogen) atoms. The highest BCUT2D eigenvalue weighted by molar-refractivity contribution is 7.17. The second-order valence-electron chi connectivity index (χ2n) is 4.30. The normalized spacial score (nSPS) is 10.8. The summed E-state index contributed by atoms with van der Waals surface area (Å²) in [5, 5.41) is 9.96. The van der Waals surface area contributed by atoms with Crippen LogP contribution in [-0.4, -0.2) is 56.6 Å². The standard InChI is InChI=1S/C13H22N2O4S/c1-4-5-10-11(12(16)17)20-13(14-10)15(6-8-18-2)7-9-19-3/h4-9H2,1-3H3,(H,16,17). The SMILES string of the molecule is CCCc1nc(N(CCOC)CCOC)sc1C(=O)O. The van der Waals surface area contributed by atoms with Crippen molar-refractivity contribution in [1.82, 2.24) is 4.98 Å². The molecule has 0 atom stereocenters. The van der Waals surface area contributed by atoms with Gasteiger partial charge in [-0.15, -0.1) is 0 Å². The van der Waals surface area contributed by atoms with Crippen LogP contribution in [0.3, 0.4) is 0 Å². The average Bonchev–Trinajstić information content (AvgIpc) is 2.83. The van der Waals surface area contributed by atoms with Crippen LogP contribution in [0, 0.1) is 0 Å². The van der Waals surface area contributed by atoms with E-state index < -0.39 is 5.97 Å². The number of rotatable bonds is 10. The quantitative estimate of drug-likeness (QED) is 0.711. The van der Waals surface area contributed by atoms with Crippen LogP contribution in [-0.2, 0) is 15.9 Å². The van der Waals surface area contributed by atoms with E-state index >= 15 is 0 Å². The number of carbonyl (C=O) groups is 1. The molecular formula is C13H22N2O4S. The van der Waals surface area contributed by atoms with E-state index in [9.17, 15) is 9.90 Å². The maximum atomic E-state index is 11.3. The third-order valence-corrected chi connectivity index (χ3v) is 3.91. The van der Waals surface area contributed by atoms with Crippen LogP contribution in [0.1, 0.15) is 28.7 Å². The highest BCUT2D eigenvalue weighted by atomic mass is 32.1. The molecule has 114 valence electrons. The number of aromatic carboxylic acids is 1. The number of carboxylic acids is 1. The first-order chi connectivity index (χ1) is 9.63. The third-order valence-electron chi connectivity index (χ3n) is 2.77. The largest absolute Gasteiger partial charge is 0.477 e. The fraction of sp³-hybridized carbons (Fsp3) is 0.692. The smallest absolute Gasteiger partial charge is 0.347 e. The van der Waals surface area contributed by atoms with E-state index in [0.29, 0.717) is 43.3 Å². The van der Waals surface area contributed by atoms with Gasteiger partial charge in [0, 0.05) is 27.3 Å². The van der Waals surface area contributed by atoms with Gasteiger partial charge in [0.05, 0.1) is 18.9 Å². The van der Waals surface area contributed by atoms with E-state index in [-0.39, 0.29) is 0 Å². The molecule has 1 rings (SSSR count). The number of hydrogen-bond acceptors (Lipinski definition) is 6. The maximum Gasteiger partial charge on any atom is 0.347 e. The van der Waals surface area contributed by atoms with Gasteiger partial charge in [-0.1, -0.05) is 24.7 Å². The Morgan fingerprint density at radius 1 is 1.30 bits per heavy atom. The van der Waals surface area contributed by atoms with E-state index in [4.69, 9.17) is 9.47 Å². The van der Waals surface area contributed by atoms with E-state index in [1.54, 1.807) is 14.2 Å². The number of ether oxygens (including phenoxy) is 2. The number of hydrogen-bond donors (Lipinski definition) is 1. The molecule has 0 bridgehead atoms. The van der Waals surface area contributed by atoms with E-state index in [0.717, 1.165) is 11.6 Å². The highest BCUT2D eigenvalue weighted by Gasteiger charge is 2.20. The molecule has 0 radical (unpaired) electrons. The van der Waals surface area contributed by atoms with Crippen molar-refractivity contribution >= 4 is 22.4 Å². The zero-order valence-corrected chi connectivity index (χ0v) is 13.0. The molecule has 0 aliphatic carbocycles. The van der Waals surface area contributed by atoms with Crippen molar-refractivity contribution in [3.05, 3.63) is 10.6 Å². The lowest BCUT2D eigenvalue weighted by molar-refractivity contribution is 0.0700. The van der Waals surface area contributed by atoms with Crippen LogP contribution in [0.4, 0.5) is 5.13 Å². The summed E-state index contributed by atoms with van der Waals surface area (Å²) in [6, 6.07) is 0. The molecule has 1 heterocycles. The Labute approximate surface area is 123 Å². The Bertz CT molecular complexity index is 415. The summed E-state index contributed by atoms with van der Waals surface area (Å²) in [6.45, 7) is 4.47. The lowest BCUT2D eigenvalue weighted by Gasteiger charge is -2.20. The molecule has 0 saturated heterocycles. The summed E-state index contributed by atoms with van der Waals surface area (Å²) in [4.78, 5) is 18.1. The number of thiazole rings is 1. The van der Waals surface area contributed by atoms with E-state index in [1.165, 1.54) is 11.3 Å². The second-order valence-corrected chi connectivity index (χ2v) is 5.28. The van der Waals surface area contributed by atoms with Gasteiger partial charge in [-0.25, -0.2) is 9.78 Å². The molecule has 0 aromatic carbocycles. The van der Waals surface area contributed by atoms with Crippen molar-refractivity contribution in [1.29, 1.82) is 0 Å². The van der Waals surface area contributed by atoms with Gasteiger partial charge in [-0.05, 0) is 6.42 Å². The Hall–Kier alpha value is -1.18. The van der Waals surface area contributed by atoms with Crippen molar-refractivity contribution < 1.29 is 19.4 Å². The number of nitrogens with zero attached hydrogens (tertiary/aromatic N) is 2. The molecule has 0 amide bonds. The van der Waals surface area contributed by atoms with Crippen LogP contribution in [0.5, 0.6) is 0 Å². The zero-order chi connectivity index (χ0) is 15.0. The number of aryl methyl sites for hydroxylation is 1. The number of anilines is 1. The minimum atomic E-state index is -0.907. The van der Waals surface area contributed by atoms with Gasteiger partial charge >= 0.3 is 5.97 Å². The minimum absolute atomic E-state index is 0.335. The van der Waals surface area contributed by atoms with E-state index in [1.807, 2.05) is 11.8 Å². The fourth-order valence-corrected chi connectivity index (χ4v) is 2.76. The van der Waals surface area contributed by atoms with Crippen LogP contribution in [0.15, 0.2) is 0 Å². The molecule has 0 aliphatic heterocycles. The zero-order valence-electron chi connectivity index (χ0n) is 12.2. The van der Waals surface area contributed by atoms with Gasteiger partial charge in [0.15, 0.2) is 5.13 Å². The topological polar surface area (TPSA) is 71.9 Å². The number of aromatic nitrogens is 1. The van der Waals surface area contributed by atoms with Gasteiger partial charge in [0.25, 0.3) is 0 Å². The first-order valence-corrected chi connectivity index (χ1v) is 7.41. The monoisotopic (exact) mass is 302 g/mol. The van der Waals surface area contributed by atoms with Crippen molar-refractivity contribution in [2.24, 2.45) is 0 Å². The van der Waals surface area contributed by atoms with Crippen molar-refractivity contribution in [3.63, 3.8) is 0 Å². The molecule has 6 nitrogen and oxygen atoms in total. The molecule has 1 aromatic rings. The average molecular weight is 302 g/mol. The second kappa shape index (κ2) is 8.89. The van der Waals surface area contributed by atoms with Crippen LogP contribution in [0.2, 0.25) is 0 Å². The first kappa shape index (κ1) is 16.9. The lowest BCUT2D eigenvalue weighted by atomic mass is 10.2. The van der Waals surface area contributed by atoms with Crippen molar-refractivity contribution in [3.8, 4) is 0 Å². The molecule has 1 N–H and O–H groups in total. The minimum Gasteiger partial charge on any atom is -0.477 e. The summed E-state index contributed by atoms with van der Waals surface area (Å²) in [6.07, 6.45) is 1.56. The summed E-state index contributed by atoms with van der Waals surface area (Å²) in [7, 11) is 3.28. The summed E-state index contributed by atoms with van der Waals surface area (Å²) in [5.74, 6) is -0.907. The number of methoxy groups -OCH3 is 2. The molecular weight excluding hydrogens is 280 g/mol. The number of carboxylic acid groups (broad SMARTS) is 1. The van der Waals surface area contributed by atoms with Gasteiger partial charge in [-0.3, -0.25) is 0 Å². The summed E-state index contributed by atoms with van der Waals surface area (Å²) >= 11 is 1.22. The van der Waals surface area contributed by atoms with Crippen LogP contribution in [0.25, 0.3) is 0 Å². The summed E-state index contributed by atoms with van der Waals surface area (Å²) < 4.78 is 10.2. The van der Waals surface area contributed by atoms with Crippen LogP contribution >= 0.6 is 11.3 Å². The molecule has 7 heteroatoms. The predicted molar refractivity (Wildman–Crippen MR) is 79.0 cm³/mol. The van der Waals surface area contributed by atoms with Gasteiger partial charge in [-0.2, -0.15) is 0 Å². The molecule has 0 aliphatic rings. The Morgan fingerprint density at radius 2 is 1.90 bits per heavy atom. The van der Waals surface area contributed by atoms with E-state index in [2.05, 4.69) is 4.98 Å². The molecule has 1 aromatic heterocycles. The Balaban J connectivity index is 2.93. The molecule has 0 saturated carbocycles. The van der Waals surface area contributed by atoms with Crippen LogP contribution < -0.4 is 4.90 Å². The van der Waals surface area contributed by atoms with Crippen molar-refractivity contribution in [2.75, 3.05) is 45.4 Å². The lowest BCUT2D eigenvalue weighted by Crippen LogP contribution is -2.30. The highest BCUT2D eigenvalue weighted by Crippen LogP contribution is 2.27. The van der Waals surface area contributed by atoms with Gasteiger partial charge in [0.1, 0.15) is 4.88 Å². The van der Waals surface area contributed by atoms with Gasteiger partial charge in [0.2, 0.25) is 0 Å². The predicted octanol–water partition coefficient (Wildman–Crippen LogP) is 1.89. The Kier molecular flexibility index (Phi) is 7.50. The Morgan fingerprint density at radius 3 is 2.35 bits per heavy atom. The fourth-order valence-electron chi connectivity index (χ4n) is 1.75. The van der Waals surface area contributed by atoms with Gasteiger partial charge < -0.3 is 19.5 Å². The molecule has 0 spiro atoms. The summed E-state index contributed by atoms with van der Waals surface area (Å²) in [5.41, 5.74) is 0.667. The maximum absolute atomic E-state index is 11.3. The third kappa shape index (κ3) is 4.73. The first-order valence-electron chi connectivity index (χ1n) is 6.59. The molecule has 0 fully saturated rings. The van der Waals surface area contributed by atoms with Crippen molar-refractivity contribution in [2.45, 2.75) is 19.8 Å².